The maximum Gasteiger partial charge on any atom is 0.220 e. The third-order valence-corrected chi connectivity index (χ3v) is 1.47. The number of carbonyl (C=O) groups excluding carboxylic acids is 1. The number of carbonyl (C=O) groups is 1. The molecule has 0 fully saturated rings. The molecular weight excluding hydrogens is 158 g/mol. The number of aliphatic hydroxyl groups excluding tert-OH is 2. The Kier molecular flexibility index (Phi) is 5.66. The van der Waals surface area contributed by atoms with Crippen molar-refractivity contribution in [2.75, 3.05) is 6.61 Å². The molecule has 4 nitrogen and oxygen atoms in total. The van der Waals surface area contributed by atoms with Gasteiger partial charge in [-0.05, 0) is 20.3 Å². The van der Waals surface area contributed by atoms with E-state index >= 15 is 0 Å². The largest absolute Gasteiger partial charge is 0.394 e. The molecule has 0 aromatic carbocycles. The Balaban J connectivity index is 3.46. The molecule has 0 aliphatic rings. The summed E-state index contributed by atoms with van der Waals surface area (Å²) in [5.41, 5.74) is 0. The third kappa shape index (κ3) is 6.12. The minimum absolute atomic E-state index is 0.0551. The summed E-state index contributed by atoms with van der Waals surface area (Å²) in [5, 5.41) is 20.0. The number of amides is 1. The van der Waals surface area contributed by atoms with Crippen molar-refractivity contribution in [2.45, 2.75) is 38.8 Å². The average molecular weight is 175 g/mol. The first-order chi connectivity index (χ1) is 5.56. The molecule has 12 heavy (non-hydrogen) atoms. The van der Waals surface area contributed by atoms with E-state index in [1.165, 1.54) is 0 Å². The van der Waals surface area contributed by atoms with Crippen LogP contribution in [0, 0.1) is 0 Å². The molecule has 1 unspecified atom stereocenters. The normalized spacial score (nSPS) is 15.3. The van der Waals surface area contributed by atoms with Gasteiger partial charge in [0.25, 0.3) is 0 Å². The standard InChI is InChI=1S/C8H17NO3/c1-6(5-10)9-8(12)4-3-7(2)11/h6-7,10-11H,3-5H2,1-2H3,(H,9,12)/t6-,7?/m1/s1. The first kappa shape index (κ1) is 11.4. The average Bonchev–Trinajstić information content (AvgIpc) is 2.00. The van der Waals surface area contributed by atoms with Gasteiger partial charge in [0.1, 0.15) is 0 Å². The zero-order valence-electron chi connectivity index (χ0n) is 7.58. The van der Waals surface area contributed by atoms with Gasteiger partial charge < -0.3 is 15.5 Å². The lowest BCUT2D eigenvalue weighted by Crippen LogP contribution is -2.35. The van der Waals surface area contributed by atoms with Gasteiger partial charge >= 0.3 is 0 Å². The maximum absolute atomic E-state index is 11.0. The molecule has 0 aromatic rings. The first-order valence-corrected chi connectivity index (χ1v) is 4.14. The molecule has 2 atom stereocenters. The summed E-state index contributed by atoms with van der Waals surface area (Å²) in [5.74, 6) is -0.127. The summed E-state index contributed by atoms with van der Waals surface area (Å²) in [6, 6.07) is -0.202. The summed E-state index contributed by atoms with van der Waals surface area (Å²) in [6.07, 6.45) is 0.326. The Morgan fingerprint density at radius 2 is 2.08 bits per heavy atom. The lowest BCUT2D eigenvalue weighted by Gasteiger charge is -2.10. The van der Waals surface area contributed by atoms with Crippen molar-refractivity contribution in [1.29, 1.82) is 0 Å². The van der Waals surface area contributed by atoms with Gasteiger partial charge in [-0.3, -0.25) is 4.79 Å². The van der Waals surface area contributed by atoms with E-state index in [4.69, 9.17) is 10.2 Å². The minimum Gasteiger partial charge on any atom is -0.394 e. The van der Waals surface area contributed by atoms with E-state index in [1.54, 1.807) is 13.8 Å². The van der Waals surface area contributed by atoms with E-state index in [-0.39, 0.29) is 18.6 Å². The van der Waals surface area contributed by atoms with Crippen molar-refractivity contribution < 1.29 is 15.0 Å². The second-order valence-corrected chi connectivity index (χ2v) is 3.04. The molecule has 0 aromatic heterocycles. The smallest absolute Gasteiger partial charge is 0.220 e. The summed E-state index contributed by atoms with van der Waals surface area (Å²) in [4.78, 5) is 11.0. The molecule has 0 aliphatic heterocycles. The molecular formula is C8H17NO3. The zero-order chi connectivity index (χ0) is 9.56. The predicted molar refractivity (Wildman–Crippen MR) is 45.6 cm³/mol. The van der Waals surface area contributed by atoms with Crippen molar-refractivity contribution in [1.82, 2.24) is 5.32 Å². The molecule has 0 spiro atoms. The second kappa shape index (κ2) is 5.97. The van der Waals surface area contributed by atoms with E-state index in [0.29, 0.717) is 12.8 Å². The van der Waals surface area contributed by atoms with Crippen LogP contribution in [0.25, 0.3) is 0 Å². The molecule has 0 bridgehead atoms. The highest BCUT2D eigenvalue weighted by atomic mass is 16.3. The fraction of sp³-hybridized carbons (Fsp3) is 0.875. The molecule has 0 saturated heterocycles. The number of aliphatic hydroxyl groups is 2. The number of hydrogen-bond acceptors (Lipinski definition) is 3. The molecule has 0 radical (unpaired) electrons. The molecule has 0 aliphatic carbocycles. The SMILES string of the molecule is CC(O)CCC(=O)N[C@H](C)CO. The summed E-state index contributed by atoms with van der Waals surface area (Å²) in [7, 11) is 0. The Bertz CT molecular complexity index is 136. The Morgan fingerprint density at radius 1 is 1.50 bits per heavy atom. The van der Waals surface area contributed by atoms with E-state index < -0.39 is 6.10 Å². The quantitative estimate of drug-likeness (QED) is 0.534. The molecule has 0 saturated carbocycles. The molecule has 4 heteroatoms. The van der Waals surface area contributed by atoms with Crippen molar-refractivity contribution in [2.24, 2.45) is 0 Å². The molecule has 0 rings (SSSR count). The van der Waals surface area contributed by atoms with Crippen molar-refractivity contribution in [3.63, 3.8) is 0 Å². The monoisotopic (exact) mass is 175 g/mol. The minimum atomic E-state index is -0.444. The topological polar surface area (TPSA) is 69.6 Å². The van der Waals surface area contributed by atoms with Crippen LogP contribution in [-0.4, -0.2) is 34.9 Å². The van der Waals surface area contributed by atoms with Crippen LogP contribution in [0.15, 0.2) is 0 Å². The van der Waals surface area contributed by atoms with Crippen LogP contribution < -0.4 is 5.32 Å². The molecule has 72 valence electrons. The van der Waals surface area contributed by atoms with Crippen molar-refractivity contribution >= 4 is 5.91 Å². The Labute approximate surface area is 72.6 Å². The second-order valence-electron chi connectivity index (χ2n) is 3.04. The number of hydrogen-bond donors (Lipinski definition) is 3. The molecule has 0 heterocycles. The van der Waals surface area contributed by atoms with E-state index in [0.717, 1.165) is 0 Å². The van der Waals surface area contributed by atoms with Gasteiger partial charge in [-0.2, -0.15) is 0 Å². The third-order valence-electron chi connectivity index (χ3n) is 1.47. The highest BCUT2D eigenvalue weighted by Gasteiger charge is 2.06. The van der Waals surface area contributed by atoms with Crippen LogP contribution in [0.5, 0.6) is 0 Å². The zero-order valence-corrected chi connectivity index (χ0v) is 7.58. The van der Waals surface area contributed by atoms with Gasteiger partial charge in [-0.25, -0.2) is 0 Å². The van der Waals surface area contributed by atoms with Crippen LogP contribution in [0.1, 0.15) is 26.7 Å². The lowest BCUT2D eigenvalue weighted by atomic mass is 10.2. The van der Waals surface area contributed by atoms with E-state index in [2.05, 4.69) is 5.32 Å². The van der Waals surface area contributed by atoms with Crippen LogP contribution >= 0.6 is 0 Å². The first-order valence-electron chi connectivity index (χ1n) is 4.14. The van der Waals surface area contributed by atoms with Gasteiger partial charge in [0.15, 0.2) is 0 Å². The molecule has 1 amide bonds. The van der Waals surface area contributed by atoms with Gasteiger partial charge in [0.2, 0.25) is 5.91 Å². The number of rotatable bonds is 5. The van der Waals surface area contributed by atoms with Gasteiger partial charge in [-0.1, -0.05) is 0 Å². The summed E-state index contributed by atoms with van der Waals surface area (Å²) >= 11 is 0. The fourth-order valence-corrected chi connectivity index (χ4v) is 0.733. The van der Waals surface area contributed by atoms with Crippen molar-refractivity contribution in [3.8, 4) is 0 Å². The maximum atomic E-state index is 11.0. The summed E-state index contributed by atoms with van der Waals surface area (Å²) < 4.78 is 0. The van der Waals surface area contributed by atoms with Crippen LogP contribution in [-0.2, 0) is 4.79 Å². The lowest BCUT2D eigenvalue weighted by molar-refractivity contribution is -0.122. The highest BCUT2D eigenvalue weighted by Crippen LogP contribution is 1.95. The van der Waals surface area contributed by atoms with Crippen molar-refractivity contribution in [3.05, 3.63) is 0 Å². The van der Waals surface area contributed by atoms with Crippen LogP contribution in [0.2, 0.25) is 0 Å². The van der Waals surface area contributed by atoms with E-state index in [1.807, 2.05) is 0 Å². The van der Waals surface area contributed by atoms with E-state index in [9.17, 15) is 4.79 Å². The van der Waals surface area contributed by atoms with Gasteiger partial charge in [-0.15, -0.1) is 0 Å². The Hall–Kier alpha value is -0.610. The summed E-state index contributed by atoms with van der Waals surface area (Å²) in [6.45, 7) is 3.31. The van der Waals surface area contributed by atoms with Crippen LogP contribution in [0.4, 0.5) is 0 Å². The number of nitrogens with one attached hydrogen (secondary N) is 1. The highest BCUT2D eigenvalue weighted by molar-refractivity contribution is 5.76. The molecule has 3 N–H and O–H groups in total. The fourth-order valence-electron chi connectivity index (χ4n) is 0.733. The van der Waals surface area contributed by atoms with Gasteiger partial charge in [0.05, 0.1) is 12.7 Å². The van der Waals surface area contributed by atoms with Crippen LogP contribution in [0.3, 0.4) is 0 Å². The predicted octanol–water partition coefficient (Wildman–Crippen LogP) is -0.356. The Morgan fingerprint density at radius 3 is 2.50 bits per heavy atom. The van der Waals surface area contributed by atoms with Gasteiger partial charge in [0, 0.05) is 12.5 Å².